The molecule has 16 heavy (non-hydrogen) atoms. The lowest BCUT2D eigenvalue weighted by Gasteiger charge is -2.06. The summed E-state index contributed by atoms with van der Waals surface area (Å²) in [6, 6.07) is 7.38. The Hall–Kier alpha value is -1.61. The van der Waals surface area contributed by atoms with Crippen LogP contribution < -0.4 is 5.73 Å². The van der Waals surface area contributed by atoms with Crippen molar-refractivity contribution < 1.29 is 0 Å². The zero-order valence-corrected chi connectivity index (χ0v) is 9.92. The van der Waals surface area contributed by atoms with Crippen LogP contribution in [-0.4, -0.2) is 9.97 Å². The lowest BCUT2D eigenvalue weighted by atomic mass is 10.2. The molecule has 82 valence electrons. The molecular formula is C12H12ClN3. The molecule has 0 atom stereocenters. The minimum absolute atomic E-state index is 0.525. The maximum Gasteiger partial charge on any atom is 0.161 e. The third-order valence-corrected chi connectivity index (χ3v) is 2.78. The molecule has 0 radical (unpaired) electrons. The van der Waals surface area contributed by atoms with E-state index in [0.29, 0.717) is 16.7 Å². The number of aromatic nitrogens is 2. The largest absolute Gasteiger partial charge is 0.383 e. The van der Waals surface area contributed by atoms with Crippen LogP contribution in [0.15, 0.2) is 24.3 Å². The van der Waals surface area contributed by atoms with Crippen molar-refractivity contribution in [3.8, 4) is 11.4 Å². The number of anilines is 1. The third kappa shape index (κ3) is 1.99. The summed E-state index contributed by atoms with van der Waals surface area (Å²) < 4.78 is 0. The zero-order valence-electron chi connectivity index (χ0n) is 9.16. The summed E-state index contributed by atoms with van der Waals surface area (Å²) in [7, 11) is 0. The van der Waals surface area contributed by atoms with Crippen LogP contribution in [0.25, 0.3) is 11.4 Å². The van der Waals surface area contributed by atoms with Gasteiger partial charge in [-0.05, 0) is 38.1 Å². The number of nitrogens with zero attached hydrogens (tertiary/aromatic N) is 2. The monoisotopic (exact) mass is 233 g/mol. The van der Waals surface area contributed by atoms with Crippen molar-refractivity contribution in [3.63, 3.8) is 0 Å². The predicted octanol–water partition coefficient (Wildman–Crippen LogP) is 3.00. The molecule has 0 saturated heterocycles. The van der Waals surface area contributed by atoms with Gasteiger partial charge in [-0.3, -0.25) is 0 Å². The summed E-state index contributed by atoms with van der Waals surface area (Å²) in [6.07, 6.45) is 0. The van der Waals surface area contributed by atoms with Gasteiger partial charge in [-0.15, -0.1) is 0 Å². The Labute approximate surface area is 99.3 Å². The fourth-order valence-electron chi connectivity index (χ4n) is 1.38. The van der Waals surface area contributed by atoms with E-state index in [9.17, 15) is 0 Å². The lowest BCUT2D eigenvalue weighted by molar-refractivity contribution is 1.08. The van der Waals surface area contributed by atoms with Gasteiger partial charge in [0.1, 0.15) is 5.82 Å². The molecule has 0 unspecified atom stereocenters. The van der Waals surface area contributed by atoms with Gasteiger partial charge in [0.15, 0.2) is 5.82 Å². The molecule has 0 spiro atoms. The fraction of sp³-hybridized carbons (Fsp3) is 0.167. The fourth-order valence-corrected chi connectivity index (χ4v) is 1.51. The molecule has 0 bridgehead atoms. The molecule has 2 aromatic rings. The lowest BCUT2D eigenvalue weighted by Crippen LogP contribution is -2.01. The number of halogens is 1. The summed E-state index contributed by atoms with van der Waals surface area (Å²) >= 11 is 5.82. The number of nitrogen functional groups attached to an aromatic ring is 1. The number of aryl methyl sites for hydroxylation is 1. The molecule has 4 heteroatoms. The topological polar surface area (TPSA) is 51.8 Å². The SMILES string of the molecule is Cc1nc(-c2ccc(Cl)cc2)nc(N)c1C. The molecule has 2 N–H and O–H groups in total. The summed E-state index contributed by atoms with van der Waals surface area (Å²) in [4.78, 5) is 8.66. The molecule has 0 fully saturated rings. The summed E-state index contributed by atoms with van der Waals surface area (Å²) in [5, 5.41) is 0.695. The summed E-state index contributed by atoms with van der Waals surface area (Å²) in [5.41, 5.74) is 8.56. The van der Waals surface area contributed by atoms with Crippen LogP contribution in [0.3, 0.4) is 0 Å². The second kappa shape index (κ2) is 4.10. The van der Waals surface area contributed by atoms with Gasteiger partial charge in [0.2, 0.25) is 0 Å². The highest BCUT2D eigenvalue weighted by molar-refractivity contribution is 6.30. The predicted molar refractivity (Wildman–Crippen MR) is 66.4 cm³/mol. The zero-order chi connectivity index (χ0) is 11.7. The highest BCUT2D eigenvalue weighted by Gasteiger charge is 2.06. The number of rotatable bonds is 1. The van der Waals surface area contributed by atoms with Crippen molar-refractivity contribution in [2.24, 2.45) is 0 Å². The number of nitrogens with two attached hydrogens (primary N) is 1. The van der Waals surface area contributed by atoms with Gasteiger partial charge in [-0.1, -0.05) is 11.6 Å². The van der Waals surface area contributed by atoms with E-state index < -0.39 is 0 Å². The smallest absolute Gasteiger partial charge is 0.161 e. The Morgan fingerprint density at radius 2 is 1.69 bits per heavy atom. The second-order valence-corrected chi connectivity index (χ2v) is 4.09. The molecule has 0 aliphatic rings. The number of hydrogen-bond acceptors (Lipinski definition) is 3. The molecule has 0 amide bonds. The Morgan fingerprint density at radius 1 is 1.06 bits per heavy atom. The average Bonchev–Trinajstić information content (AvgIpc) is 2.26. The van der Waals surface area contributed by atoms with Gasteiger partial charge in [0.25, 0.3) is 0 Å². The molecule has 0 aliphatic heterocycles. The Morgan fingerprint density at radius 3 is 2.25 bits per heavy atom. The first-order valence-corrected chi connectivity index (χ1v) is 5.32. The minimum Gasteiger partial charge on any atom is -0.383 e. The van der Waals surface area contributed by atoms with Crippen LogP contribution in [0, 0.1) is 13.8 Å². The van der Waals surface area contributed by atoms with Crippen molar-refractivity contribution >= 4 is 17.4 Å². The Balaban J connectivity index is 2.52. The minimum atomic E-state index is 0.525. The normalized spacial score (nSPS) is 10.4. The maximum absolute atomic E-state index is 5.82. The first-order chi connectivity index (χ1) is 7.58. The standard InChI is InChI=1S/C12H12ClN3/c1-7-8(2)15-12(16-11(7)14)9-3-5-10(13)6-4-9/h3-6H,1-2H3,(H2,14,15,16). The van der Waals surface area contributed by atoms with Gasteiger partial charge < -0.3 is 5.73 Å². The van der Waals surface area contributed by atoms with Crippen molar-refractivity contribution in [1.82, 2.24) is 9.97 Å². The van der Waals surface area contributed by atoms with Crippen molar-refractivity contribution in [2.75, 3.05) is 5.73 Å². The highest BCUT2D eigenvalue weighted by atomic mass is 35.5. The van der Waals surface area contributed by atoms with E-state index in [0.717, 1.165) is 16.8 Å². The van der Waals surface area contributed by atoms with Crippen LogP contribution in [0.5, 0.6) is 0 Å². The maximum atomic E-state index is 5.82. The van der Waals surface area contributed by atoms with Crippen molar-refractivity contribution in [3.05, 3.63) is 40.5 Å². The van der Waals surface area contributed by atoms with E-state index in [-0.39, 0.29) is 0 Å². The first kappa shape index (κ1) is 10.9. The Bertz CT molecular complexity index is 497. The van der Waals surface area contributed by atoms with E-state index in [1.807, 2.05) is 38.1 Å². The molecule has 2 rings (SSSR count). The average molecular weight is 234 g/mol. The van der Waals surface area contributed by atoms with Crippen LogP contribution in [0.2, 0.25) is 5.02 Å². The van der Waals surface area contributed by atoms with Gasteiger partial charge in [0.05, 0.1) is 0 Å². The Kier molecular flexibility index (Phi) is 2.79. The van der Waals surface area contributed by atoms with Gasteiger partial charge in [-0.25, -0.2) is 9.97 Å². The van der Waals surface area contributed by atoms with E-state index in [2.05, 4.69) is 9.97 Å². The molecule has 1 aromatic carbocycles. The molecular weight excluding hydrogens is 222 g/mol. The molecule has 3 nitrogen and oxygen atoms in total. The van der Waals surface area contributed by atoms with E-state index >= 15 is 0 Å². The van der Waals surface area contributed by atoms with Crippen LogP contribution in [-0.2, 0) is 0 Å². The summed E-state index contributed by atoms with van der Waals surface area (Å²) in [5.74, 6) is 1.16. The molecule has 1 heterocycles. The van der Waals surface area contributed by atoms with Crippen molar-refractivity contribution in [1.29, 1.82) is 0 Å². The van der Waals surface area contributed by atoms with Crippen LogP contribution in [0.4, 0.5) is 5.82 Å². The van der Waals surface area contributed by atoms with E-state index in [4.69, 9.17) is 17.3 Å². The van der Waals surface area contributed by atoms with Crippen molar-refractivity contribution in [2.45, 2.75) is 13.8 Å². The molecule has 1 aromatic heterocycles. The van der Waals surface area contributed by atoms with Gasteiger partial charge >= 0.3 is 0 Å². The number of hydrogen-bond donors (Lipinski definition) is 1. The molecule has 0 saturated carbocycles. The van der Waals surface area contributed by atoms with Gasteiger partial charge in [0, 0.05) is 21.8 Å². The van der Waals surface area contributed by atoms with E-state index in [1.54, 1.807) is 0 Å². The van der Waals surface area contributed by atoms with Crippen LogP contribution >= 0.6 is 11.6 Å². The molecule has 0 aliphatic carbocycles. The highest BCUT2D eigenvalue weighted by Crippen LogP contribution is 2.21. The second-order valence-electron chi connectivity index (χ2n) is 3.65. The third-order valence-electron chi connectivity index (χ3n) is 2.53. The first-order valence-electron chi connectivity index (χ1n) is 4.94. The van der Waals surface area contributed by atoms with Crippen LogP contribution in [0.1, 0.15) is 11.3 Å². The number of benzene rings is 1. The van der Waals surface area contributed by atoms with Gasteiger partial charge in [-0.2, -0.15) is 0 Å². The summed E-state index contributed by atoms with van der Waals surface area (Å²) in [6.45, 7) is 3.84. The quantitative estimate of drug-likeness (QED) is 0.824. The van der Waals surface area contributed by atoms with E-state index in [1.165, 1.54) is 0 Å².